The van der Waals surface area contributed by atoms with Gasteiger partial charge in [-0.1, -0.05) is 30.3 Å². The monoisotopic (exact) mass is 417 g/mol. The van der Waals surface area contributed by atoms with Crippen LogP contribution >= 0.6 is 11.8 Å². The van der Waals surface area contributed by atoms with Crippen molar-refractivity contribution in [3.63, 3.8) is 0 Å². The fourth-order valence-electron chi connectivity index (χ4n) is 2.90. The van der Waals surface area contributed by atoms with Crippen LogP contribution in [0, 0.1) is 0 Å². The molecule has 4 rings (SSSR count). The van der Waals surface area contributed by atoms with Gasteiger partial charge in [0.15, 0.2) is 5.65 Å². The van der Waals surface area contributed by atoms with E-state index in [2.05, 4.69) is 25.5 Å². The largest absolute Gasteiger partial charge is 0.496 e. The van der Waals surface area contributed by atoms with Crippen molar-refractivity contribution in [1.82, 2.24) is 20.2 Å². The minimum Gasteiger partial charge on any atom is -0.496 e. The summed E-state index contributed by atoms with van der Waals surface area (Å²) in [6, 6.07) is 15.3. The van der Waals surface area contributed by atoms with E-state index in [-0.39, 0.29) is 5.91 Å². The van der Waals surface area contributed by atoms with E-state index in [1.165, 1.54) is 12.4 Å². The van der Waals surface area contributed by atoms with Gasteiger partial charge in [-0.15, -0.1) is 11.8 Å². The van der Waals surface area contributed by atoms with Crippen molar-refractivity contribution in [2.24, 2.45) is 0 Å². The van der Waals surface area contributed by atoms with Crippen LogP contribution in [0.5, 0.6) is 5.75 Å². The molecule has 0 saturated carbocycles. The molecule has 0 fully saturated rings. The van der Waals surface area contributed by atoms with Gasteiger partial charge in [-0.25, -0.2) is 9.97 Å². The molecule has 150 valence electrons. The normalized spacial score (nSPS) is 11.1. The molecule has 0 saturated heterocycles. The van der Waals surface area contributed by atoms with Gasteiger partial charge in [0, 0.05) is 23.1 Å². The van der Waals surface area contributed by atoms with Gasteiger partial charge in [-0.2, -0.15) is 5.10 Å². The third-order valence-corrected chi connectivity index (χ3v) is 5.41. The van der Waals surface area contributed by atoms with Crippen LogP contribution in [0.3, 0.4) is 0 Å². The summed E-state index contributed by atoms with van der Waals surface area (Å²) in [7, 11) is 1.61. The Balaban J connectivity index is 1.40. The summed E-state index contributed by atoms with van der Waals surface area (Å²) in [5, 5.41) is 11.5. The maximum atomic E-state index is 12.3. The number of carbonyl (C=O) groups excluding carboxylic acids is 1. The Hall–Kier alpha value is -3.65. The van der Waals surface area contributed by atoms with E-state index in [9.17, 15) is 4.79 Å². The van der Waals surface area contributed by atoms with Crippen LogP contribution in [0.1, 0.15) is 11.1 Å². The smallest absolute Gasteiger partial charge is 0.248 e. The number of thioether (sulfide) groups is 1. The zero-order valence-electron chi connectivity index (χ0n) is 16.2. The second kappa shape index (κ2) is 9.23. The van der Waals surface area contributed by atoms with E-state index in [0.717, 1.165) is 38.6 Å². The molecule has 2 heterocycles. The highest BCUT2D eigenvalue weighted by atomic mass is 32.2. The maximum Gasteiger partial charge on any atom is 0.248 e. The predicted molar refractivity (Wildman–Crippen MR) is 118 cm³/mol. The number of rotatable bonds is 7. The van der Waals surface area contributed by atoms with Gasteiger partial charge in [-0.3, -0.25) is 9.89 Å². The Morgan fingerprint density at radius 3 is 3.00 bits per heavy atom. The fraction of sp³-hybridized carbons (Fsp3) is 0.0909. The number of hydrogen-bond acceptors (Lipinski definition) is 6. The average molecular weight is 417 g/mol. The standard InChI is InChI=1S/C22H19N5O2S/c1-29-19-8-3-2-6-16(19)9-10-20(28)26-17-7-4-5-15(11-17)13-30-22-18-12-25-27-21(18)23-14-24-22/h2-12,14H,13H2,1H3,(H,26,28)(H,23,24,25,27)/b10-9+. The molecule has 2 N–H and O–H groups in total. The Kier molecular flexibility index (Phi) is 6.05. The quantitative estimate of drug-likeness (QED) is 0.264. The Bertz CT molecular complexity index is 1200. The van der Waals surface area contributed by atoms with Gasteiger partial charge in [0.25, 0.3) is 0 Å². The average Bonchev–Trinajstić information content (AvgIpc) is 3.26. The summed E-state index contributed by atoms with van der Waals surface area (Å²) in [5.74, 6) is 1.22. The van der Waals surface area contributed by atoms with Crippen molar-refractivity contribution in [3.8, 4) is 5.75 Å². The highest BCUT2D eigenvalue weighted by molar-refractivity contribution is 7.98. The number of methoxy groups -OCH3 is 1. The SMILES string of the molecule is COc1ccccc1/C=C/C(=O)Nc1cccc(CSc2ncnc3[nH]ncc23)c1. The molecule has 0 unspecified atom stereocenters. The highest BCUT2D eigenvalue weighted by Gasteiger charge is 2.07. The fourth-order valence-corrected chi connectivity index (χ4v) is 3.81. The van der Waals surface area contributed by atoms with Crippen molar-refractivity contribution < 1.29 is 9.53 Å². The molecule has 2 aromatic heterocycles. The highest BCUT2D eigenvalue weighted by Crippen LogP contribution is 2.27. The van der Waals surface area contributed by atoms with Gasteiger partial charge in [0.1, 0.15) is 17.1 Å². The van der Waals surface area contributed by atoms with Crippen molar-refractivity contribution >= 4 is 40.5 Å². The van der Waals surface area contributed by atoms with Gasteiger partial charge in [0.05, 0.1) is 18.7 Å². The molecule has 30 heavy (non-hydrogen) atoms. The van der Waals surface area contributed by atoms with Crippen molar-refractivity contribution in [2.75, 3.05) is 12.4 Å². The first kappa shape index (κ1) is 19.7. The summed E-state index contributed by atoms with van der Waals surface area (Å²) < 4.78 is 5.30. The molecular weight excluding hydrogens is 398 g/mol. The molecule has 0 aliphatic heterocycles. The number of benzene rings is 2. The second-order valence-corrected chi connectivity index (χ2v) is 7.33. The van der Waals surface area contributed by atoms with E-state index in [4.69, 9.17) is 4.74 Å². The van der Waals surface area contributed by atoms with E-state index in [1.54, 1.807) is 31.1 Å². The molecule has 0 aliphatic rings. The topological polar surface area (TPSA) is 92.8 Å². The lowest BCUT2D eigenvalue weighted by atomic mass is 10.2. The number of para-hydroxylation sites is 1. The summed E-state index contributed by atoms with van der Waals surface area (Å²) in [6.07, 6.45) is 6.48. The lowest BCUT2D eigenvalue weighted by molar-refractivity contribution is -0.111. The number of carbonyl (C=O) groups is 1. The summed E-state index contributed by atoms with van der Waals surface area (Å²) >= 11 is 1.60. The number of ether oxygens (including phenoxy) is 1. The van der Waals surface area contributed by atoms with Crippen molar-refractivity contribution in [2.45, 2.75) is 10.8 Å². The third kappa shape index (κ3) is 4.66. The first-order chi connectivity index (χ1) is 14.7. The Labute approximate surface area is 177 Å². The van der Waals surface area contributed by atoms with Crippen LogP contribution in [0.4, 0.5) is 5.69 Å². The van der Waals surface area contributed by atoms with E-state index >= 15 is 0 Å². The number of fused-ring (bicyclic) bond motifs is 1. The van der Waals surface area contributed by atoms with Crippen molar-refractivity contribution in [1.29, 1.82) is 0 Å². The molecule has 0 radical (unpaired) electrons. The van der Waals surface area contributed by atoms with Gasteiger partial charge in [0.2, 0.25) is 5.91 Å². The van der Waals surface area contributed by atoms with Crippen LogP contribution in [-0.2, 0) is 10.5 Å². The molecular formula is C22H19N5O2S. The minimum absolute atomic E-state index is 0.207. The number of nitrogens with zero attached hydrogens (tertiary/aromatic N) is 3. The van der Waals surface area contributed by atoms with Crippen LogP contribution in [0.25, 0.3) is 17.1 Å². The van der Waals surface area contributed by atoms with Crippen LogP contribution < -0.4 is 10.1 Å². The van der Waals surface area contributed by atoms with Crippen molar-refractivity contribution in [3.05, 3.63) is 78.3 Å². The molecule has 8 heteroatoms. The zero-order valence-corrected chi connectivity index (χ0v) is 17.0. The number of aromatic nitrogens is 4. The zero-order chi connectivity index (χ0) is 20.8. The van der Waals surface area contributed by atoms with E-state index in [0.29, 0.717) is 5.75 Å². The van der Waals surface area contributed by atoms with E-state index in [1.807, 2.05) is 48.5 Å². The lowest BCUT2D eigenvalue weighted by Gasteiger charge is -2.07. The van der Waals surface area contributed by atoms with Crippen LogP contribution in [-0.4, -0.2) is 33.2 Å². The number of aromatic amines is 1. The van der Waals surface area contributed by atoms with Crippen LogP contribution in [0.15, 0.2) is 72.2 Å². The second-order valence-electron chi connectivity index (χ2n) is 6.36. The summed E-state index contributed by atoms with van der Waals surface area (Å²) in [5.41, 5.74) is 3.37. The number of nitrogens with one attached hydrogen (secondary N) is 2. The molecule has 0 atom stereocenters. The molecule has 0 bridgehead atoms. The molecule has 0 aliphatic carbocycles. The first-order valence-electron chi connectivity index (χ1n) is 9.21. The molecule has 2 aromatic carbocycles. The molecule has 7 nitrogen and oxygen atoms in total. The summed E-state index contributed by atoms with van der Waals surface area (Å²) in [4.78, 5) is 20.8. The lowest BCUT2D eigenvalue weighted by Crippen LogP contribution is -2.07. The van der Waals surface area contributed by atoms with E-state index < -0.39 is 0 Å². The van der Waals surface area contributed by atoms with Crippen LogP contribution in [0.2, 0.25) is 0 Å². The molecule has 0 spiro atoms. The van der Waals surface area contributed by atoms with Gasteiger partial charge >= 0.3 is 0 Å². The third-order valence-electron chi connectivity index (χ3n) is 4.33. The van der Waals surface area contributed by atoms with Gasteiger partial charge < -0.3 is 10.1 Å². The number of amides is 1. The molecule has 1 amide bonds. The predicted octanol–water partition coefficient (Wildman–Crippen LogP) is 4.31. The number of anilines is 1. The summed E-state index contributed by atoms with van der Waals surface area (Å²) in [6.45, 7) is 0. The number of hydrogen-bond donors (Lipinski definition) is 2. The number of H-pyrrole nitrogens is 1. The maximum absolute atomic E-state index is 12.3. The minimum atomic E-state index is -0.207. The van der Waals surface area contributed by atoms with Gasteiger partial charge in [-0.05, 0) is 29.8 Å². The Morgan fingerprint density at radius 2 is 2.10 bits per heavy atom. The molecule has 4 aromatic rings. The first-order valence-corrected chi connectivity index (χ1v) is 10.2. The Morgan fingerprint density at radius 1 is 1.20 bits per heavy atom.